The molecule has 0 radical (unpaired) electrons. The van der Waals surface area contributed by atoms with E-state index < -0.39 is 0 Å². The molecular weight excluding hydrogens is 350 g/mol. The van der Waals surface area contributed by atoms with Gasteiger partial charge in [0.15, 0.2) is 0 Å². The van der Waals surface area contributed by atoms with Gasteiger partial charge in [-0.15, -0.1) is 0 Å². The number of likely N-dealkylation sites (N-methyl/N-ethyl adjacent to an activating group) is 1. The number of carbonyl (C=O) groups excluding carboxylic acids is 1. The molecule has 4 rings (SSSR count). The van der Waals surface area contributed by atoms with Crippen LogP contribution >= 0.6 is 0 Å². The fraction of sp³-hybridized carbons (Fsp3) is 0.545. The van der Waals surface area contributed by atoms with Crippen molar-refractivity contribution >= 4 is 5.91 Å². The molecule has 0 aliphatic carbocycles. The van der Waals surface area contributed by atoms with Crippen LogP contribution in [0.25, 0.3) is 5.69 Å². The van der Waals surface area contributed by atoms with Crippen molar-refractivity contribution in [2.45, 2.75) is 38.3 Å². The van der Waals surface area contributed by atoms with Crippen LogP contribution in [-0.2, 0) is 11.3 Å². The van der Waals surface area contributed by atoms with Gasteiger partial charge in [0, 0.05) is 64.1 Å². The number of hydrogen-bond acceptors (Lipinski definition) is 4. The van der Waals surface area contributed by atoms with Crippen molar-refractivity contribution in [3.05, 3.63) is 47.8 Å². The van der Waals surface area contributed by atoms with E-state index in [4.69, 9.17) is 0 Å². The molecule has 2 aliphatic heterocycles. The highest BCUT2D eigenvalue weighted by molar-refractivity contribution is 5.76. The van der Waals surface area contributed by atoms with Crippen LogP contribution < -0.4 is 0 Å². The van der Waals surface area contributed by atoms with Crippen LogP contribution in [0, 0.1) is 6.92 Å². The lowest BCUT2D eigenvalue weighted by Gasteiger charge is -2.49. The lowest BCUT2D eigenvalue weighted by atomic mass is 9.86. The van der Waals surface area contributed by atoms with Gasteiger partial charge < -0.3 is 4.90 Å². The number of rotatable bonds is 3. The molecule has 2 saturated heterocycles. The highest BCUT2D eigenvalue weighted by Gasteiger charge is 2.41. The molecule has 0 unspecified atom stereocenters. The van der Waals surface area contributed by atoms with E-state index in [0.717, 1.165) is 51.3 Å². The van der Waals surface area contributed by atoms with Crippen LogP contribution in [0.2, 0.25) is 0 Å². The van der Waals surface area contributed by atoms with Gasteiger partial charge in [0.05, 0.1) is 5.69 Å². The van der Waals surface area contributed by atoms with E-state index in [1.165, 1.54) is 11.1 Å². The van der Waals surface area contributed by atoms with Gasteiger partial charge in [0.1, 0.15) is 0 Å². The molecule has 1 amide bonds. The first-order valence-corrected chi connectivity index (χ1v) is 10.2. The van der Waals surface area contributed by atoms with Gasteiger partial charge in [-0.1, -0.05) is 6.07 Å². The molecule has 6 nitrogen and oxygen atoms in total. The molecule has 2 aromatic rings. The van der Waals surface area contributed by atoms with E-state index in [-0.39, 0.29) is 11.4 Å². The van der Waals surface area contributed by atoms with Crippen LogP contribution in [0.4, 0.5) is 0 Å². The molecule has 1 aromatic carbocycles. The van der Waals surface area contributed by atoms with Crippen LogP contribution in [0.5, 0.6) is 0 Å². The largest absolute Gasteiger partial charge is 0.346 e. The predicted octanol–water partition coefficient (Wildman–Crippen LogP) is 2.31. The monoisotopic (exact) mass is 381 g/mol. The smallest absolute Gasteiger partial charge is 0.222 e. The lowest BCUT2D eigenvalue weighted by molar-refractivity contribution is -0.129. The number of carbonyl (C=O) groups is 1. The first kappa shape index (κ1) is 19.2. The lowest BCUT2D eigenvalue weighted by Crippen LogP contribution is -2.60. The van der Waals surface area contributed by atoms with Crippen LogP contribution in [0.15, 0.2) is 36.7 Å². The molecule has 2 aliphatic rings. The Kier molecular flexibility index (Phi) is 5.25. The average molecular weight is 382 g/mol. The molecule has 0 bridgehead atoms. The van der Waals surface area contributed by atoms with E-state index >= 15 is 0 Å². The van der Waals surface area contributed by atoms with Crippen molar-refractivity contribution in [3.8, 4) is 5.69 Å². The van der Waals surface area contributed by atoms with E-state index in [1.807, 2.05) is 35.1 Å². The van der Waals surface area contributed by atoms with Crippen molar-refractivity contribution in [2.75, 3.05) is 40.3 Å². The van der Waals surface area contributed by atoms with Gasteiger partial charge in [-0.05, 0) is 56.1 Å². The Morgan fingerprint density at radius 1 is 1.14 bits per heavy atom. The summed E-state index contributed by atoms with van der Waals surface area (Å²) in [5.41, 5.74) is 3.89. The summed E-state index contributed by atoms with van der Waals surface area (Å²) in [7, 11) is 4.17. The third-order valence-electron chi connectivity index (χ3n) is 6.71. The molecule has 150 valence electrons. The van der Waals surface area contributed by atoms with E-state index in [2.05, 4.69) is 47.1 Å². The topological polar surface area (TPSA) is 44.6 Å². The summed E-state index contributed by atoms with van der Waals surface area (Å²) >= 11 is 0. The second-order valence-corrected chi connectivity index (χ2v) is 8.48. The van der Waals surface area contributed by atoms with Gasteiger partial charge in [0.25, 0.3) is 0 Å². The highest BCUT2D eigenvalue weighted by atomic mass is 16.2. The number of nitrogens with zero attached hydrogens (tertiary/aromatic N) is 5. The van der Waals surface area contributed by atoms with Gasteiger partial charge in [-0.3, -0.25) is 14.6 Å². The Morgan fingerprint density at radius 2 is 2.00 bits per heavy atom. The molecule has 28 heavy (non-hydrogen) atoms. The fourth-order valence-electron chi connectivity index (χ4n) is 4.64. The summed E-state index contributed by atoms with van der Waals surface area (Å²) < 4.78 is 1.90. The van der Waals surface area contributed by atoms with E-state index in [9.17, 15) is 4.79 Å². The summed E-state index contributed by atoms with van der Waals surface area (Å²) in [6.07, 6.45) is 6.46. The second-order valence-electron chi connectivity index (χ2n) is 8.48. The maximum atomic E-state index is 12.2. The minimum Gasteiger partial charge on any atom is -0.346 e. The van der Waals surface area contributed by atoms with Crippen LogP contribution in [0.3, 0.4) is 0 Å². The normalized spacial score (nSPS) is 24.7. The van der Waals surface area contributed by atoms with Gasteiger partial charge >= 0.3 is 0 Å². The molecule has 6 heteroatoms. The summed E-state index contributed by atoms with van der Waals surface area (Å²) in [4.78, 5) is 19.2. The minimum absolute atomic E-state index is 0.113. The molecule has 1 spiro atoms. The Labute approximate surface area is 167 Å². The van der Waals surface area contributed by atoms with Crippen molar-refractivity contribution in [3.63, 3.8) is 0 Å². The fourth-order valence-corrected chi connectivity index (χ4v) is 4.64. The van der Waals surface area contributed by atoms with Gasteiger partial charge in [0.2, 0.25) is 5.91 Å². The highest BCUT2D eigenvalue weighted by Crippen LogP contribution is 2.32. The molecular formula is C22H31N5O. The summed E-state index contributed by atoms with van der Waals surface area (Å²) in [5, 5.41) is 4.33. The molecule has 3 heterocycles. The van der Waals surface area contributed by atoms with Crippen LogP contribution in [0.1, 0.15) is 30.4 Å². The summed E-state index contributed by atoms with van der Waals surface area (Å²) in [6, 6.07) is 8.55. The minimum atomic E-state index is 0.113. The number of amides is 1. The Bertz CT molecular complexity index is 833. The number of likely N-dealkylation sites (tertiary alicyclic amines) is 1. The molecule has 0 N–H and O–H groups in total. The molecule has 1 atom stereocenters. The van der Waals surface area contributed by atoms with E-state index in [1.54, 1.807) is 0 Å². The number of piperazine rings is 1. The first-order valence-electron chi connectivity index (χ1n) is 10.2. The zero-order chi connectivity index (χ0) is 19.7. The maximum Gasteiger partial charge on any atom is 0.222 e. The Hall–Kier alpha value is -2.18. The van der Waals surface area contributed by atoms with Crippen LogP contribution in [-0.4, -0.2) is 76.2 Å². The Morgan fingerprint density at radius 3 is 2.75 bits per heavy atom. The molecule has 1 aromatic heterocycles. The number of benzene rings is 1. The van der Waals surface area contributed by atoms with Crippen molar-refractivity contribution in [2.24, 2.45) is 0 Å². The predicted molar refractivity (Wildman–Crippen MR) is 110 cm³/mol. The zero-order valence-electron chi connectivity index (χ0n) is 17.3. The number of hydrogen-bond donors (Lipinski definition) is 0. The van der Waals surface area contributed by atoms with Crippen molar-refractivity contribution in [1.29, 1.82) is 0 Å². The molecule has 0 saturated carbocycles. The quantitative estimate of drug-likeness (QED) is 0.818. The SMILES string of the molecule is Cc1cc(-n2cccn2)ccc1CN1CCN(C)[C@@]2(CCC(=O)N(C)CC2)C1. The molecule has 2 fully saturated rings. The average Bonchev–Trinajstić information content (AvgIpc) is 3.18. The second kappa shape index (κ2) is 7.68. The standard InChI is InChI=1S/C22H31N5O/c1-18-15-20(27-11-4-10-23-27)6-5-19(18)16-26-14-13-25(3)22(17-26)8-7-21(28)24(2)12-9-22/h4-6,10-11,15H,7-9,12-14,16-17H2,1-3H3/t22-/m1/s1. The number of aromatic nitrogens is 2. The number of aryl methyl sites for hydroxylation is 1. The van der Waals surface area contributed by atoms with Crippen molar-refractivity contribution < 1.29 is 4.79 Å². The Balaban J connectivity index is 1.49. The van der Waals surface area contributed by atoms with Gasteiger partial charge in [-0.25, -0.2) is 4.68 Å². The summed E-state index contributed by atoms with van der Waals surface area (Å²) in [6.45, 7) is 7.17. The van der Waals surface area contributed by atoms with Crippen molar-refractivity contribution in [1.82, 2.24) is 24.5 Å². The summed E-state index contributed by atoms with van der Waals surface area (Å²) in [5.74, 6) is 0.285. The third kappa shape index (κ3) is 3.71. The maximum absolute atomic E-state index is 12.2. The zero-order valence-corrected chi connectivity index (χ0v) is 17.3. The third-order valence-corrected chi connectivity index (χ3v) is 6.71. The van der Waals surface area contributed by atoms with Gasteiger partial charge in [-0.2, -0.15) is 5.10 Å². The first-order chi connectivity index (χ1) is 13.5. The van der Waals surface area contributed by atoms with E-state index in [0.29, 0.717) is 6.42 Å².